The Bertz CT molecular complexity index is 1160. The van der Waals surface area contributed by atoms with E-state index in [4.69, 9.17) is 16.0 Å². The molecule has 2 aromatic heterocycles. The largest absolute Gasteiger partial charge is 0.419 e. The van der Waals surface area contributed by atoms with E-state index in [-0.39, 0.29) is 12.5 Å². The number of carbonyl (C=O) groups excluding carboxylic acids is 1. The summed E-state index contributed by atoms with van der Waals surface area (Å²) in [6.07, 6.45) is 2.81. The summed E-state index contributed by atoms with van der Waals surface area (Å²) in [4.78, 5) is 12.7. The van der Waals surface area contributed by atoms with Crippen LogP contribution in [0.2, 0.25) is 5.02 Å². The van der Waals surface area contributed by atoms with Crippen molar-refractivity contribution in [3.63, 3.8) is 0 Å². The standard InChI is InChI=1S/C23H23ClN4O2/c1-2-3-12-22-26-27-23(30-22)20-13-16-8-5-7-11-19(16)28(20)15-21(29)25-14-17-9-4-6-10-18(17)24/h4-11,13H,2-3,12,14-15H2,1H3,(H,25,29). The number of nitrogens with zero attached hydrogens (tertiary/aromatic N) is 3. The third kappa shape index (κ3) is 4.39. The lowest BCUT2D eigenvalue weighted by Gasteiger charge is -2.10. The maximum Gasteiger partial charge on any atom is 0.264 e. The molecule has 0 aliphatic heterocycles. The van der Waals surface area contributed by atoms with Crippen LogP contribution in [0, 0.1) is 0 Å². The van der Waals surface area contributed by atoms with Crippen molar-refractivity contribution in [1.82, 2.24) is 20.1 Å². The summed E-state index contributed by atoms with van der Waals surface area (Å²) < 4.78 is 7.79. The summed E-state index contributed by atoms with van der Waals surface area (Å²) in [5.41, 5.74) is 2.55. The number of benzene rings is 2. The van der Waals surface area contributed by atoms with Gasteiger partial charge in [0.2, 0.25) is 11.8 Å². The zero-order chi connectivity index (χ0) is 20.9. The van der Waals surface area contributed by atoms with Gasteiger partial charge in [-0.25, -0.2) is 0 Å². The Hall–Kier alpha value is -3.12. The third-order valence-corrected chi connectivity index (χ3v) is 5.35. The number of fused-ring (bicyclic) bond motifs is 1. The van der Waals surface area contributed by atoms with Crippen molar-refractivity contribution in [1.29, 1.82) is 0 Å². The highest BCUT2D eigenvalue weighted by atomic mass is 35.5. The number of unbranched alkanes of at least 4 members (excludes halogenated alkanes) is 1. The molecule has 0 fully saturated rings. The van der Waals surface area contributed by atoms with Gasteiger partial charge in [-0.3, -0.25) is 4.79 Å². The molecular weight excluding hydrogens is 400 g/mol. The smallest absolute Gasteiger partial charge is 0.264 e. The van der Waals surface area contributed by atoms with E-state index in [1.165, 1.54) is 0 Å². The van der Waals surface area contributed by atoms with Crippen molar-refractivity contribution in [2.24, 2.45) is 0 Å². The fourth-order valence-corrected chi connectivity index (χ4v) is 3.58. The van der Waals surface area contributed by atoms with Gasteiger partial charge in [-0.15, -0.1) is 10.2 Å². The lowest BCUT2D eigenvalue weighted by atomic mass is 10.2. The topological polar surface area (TPSA) is 73.0 Å². The van der Waals surface area contributed by atoms with E-state index in [9.17, 15) is 4.79 Å². The normalized spacial score (nSPS) is 11.1. The Labute approximate surface area is 179 Å². The van der Waals surface area contributed by atoms with Gasteiger partial charge in [-0.05, 0) is 30.2 Å². The van der Waals surface area contributed by atoms with Gasteiger partial charge in [-0.1, -0.05) is 61.3 Å². The molecule has 2 heterocycles. The first-order chi connectivity index (χ1) is 14.7. The van der Waals surface area contributed by atoms with Crippen molar-refractivity contribution in [3.8, 4) is 11.6 Å². The highest BCUT2D eigenvalue weighted by molar-refractivity contribution is 6.31. The Morgan fingerprint density at radius 1 is 1.13 bits per heavy atom. The maximum absolute atomic E-state index is 12.7. The zero-order valence-corrected chi connectivity index (χ0v) is 17.5. The number of carbonyl (C=O) groups is 1. The summed E-state index contributed by atoms with van der Waals surface area (Å²) in [5, 5.41) is 13.0. The third-order valence-electron chi connectivity index (χ3n) is 4.98. The molecule has 0 aliphatic carbocycles. The molecule has 0 spiro atoms. The molecular formula is C23H23ClN4O2. The monoisotopic (exact) mass is 422 g/mol. The number of amides is 1. The lowest BCUT2D eigenvalue weighted by Crippen LogP contribution is -2.27. The van der Waals surface area contributed by atoms with Crippen molar-refractivity contribution in [2.45, 2.75) is 39.3 Å². The first-order valence-corrected chi connectivity index (χ1v) is 10.4. The van der Waals surface area contributed by atoms with Crippen LogP contribution in [0.15, 0.2) is 59.0 Å². The Morgan fingerprint density at radius 3 is 2.77 bits per heavy atom. The van der Waals surface area contributed by atoms with Crippen molar-refractivity contribution in [2.75, 3.05) is 0 Å². The number of halogens is 1. The van der Waals surface area contributed by atoms with Crippen LogP contribution in [0.3, 0.4) is 0 Å². The summed E-state index contributed by atoms with van der Waals surface area (Å²) >= 11 is 6.19. The molecule has 154 valence electrons. The quantitative estimate of drug-likeness (QED) is 0.433. The first kappa shape index (κ1) is 20.2. The fraction of sp³-hybridized carbons (Fsp3) is 0.261. The van der Waals surface area contributed by atoms with Gasteiger partial charge >= 0.3 is 0 Å². The van der Waals surface area contributed by atoms with Crippen LogP contribution in [-0.4, -0.2) is 20.7 Å². The van der Waals surface area contributed by atoms with Gasteiger partial charge in [0.1, 0.15) is 12.2 Å². The molecule has 0 saturated heterocycles. The molecule has 1 amide bonds. The molecule has 0 radical (unpaired) electrons. The highest BCUT2D eigenvalue weighted by Gasteiger charge is 2.18. The van der Waals surface area contributed by atoms with Crippen LogP contribution < -0.4 is 5.32 Å². The first-order valence-electron chi connectivity index (χ1n) is 10.1. The summed E-state index contributed by atoms with van der Waals surface area (Å²) in [5.74, 6) is 0.922. The predicted octanol–water partition coefficient (Wildman–Crippen LogP) is 5.00. The SMILES string of the molecule is CCCCc1nnc(-c2cc3ccccc3n2CC(=O)NCc2ccccc2Cl)o1. The zero-order valence-electron chi connectivity index (χ0n) is 16.8. The Balaban J connectivity index is 1.58. The van der Waals surface area contributed by atoms with Crippen LogP contribution in [-0.2, 0) is 24.3 Å². The molecule has 7 heteroatoms. The van der Waals surface area contributed by atoms with E-state index in [0.717, 1.165) is 41.4 Å². The minimum absolute atomic E-state index is 0.122. The Morgan fingerprint density at radius 2 is 1.93 bits per heavy atom. The number of nitrogens with one attached hydrogen (secondary N) is 1. The second-order valence-corrected chi connectivity index (χ2v) is 7.55. The number of aryl methyl sites for hydroxylation is 1. The Kier molecular flexibility index (Phi) is 6.14. The maximum atomic E-state index is 12.7. The molecule has 2 aromatic carbocycles. The molecule has 4 aromatic rings. The summed E-state index contributed by atoms with van der Waals surface area (Å²) in [7, 11) is 0. The summed E-state index contributed by atoms with van der Waals surface area (Å²) in [6, 6.07) is 17.4. The molecule has 1 N–H and O–H groups in total. The van der Waals surface area contributed by atoms with Crippen molar-refractivity contribution >= 4 is 28.4 Å². The predicted molar refractivity (Wildman–Crippen MR) is 117 cm³/mol. The second-order valence-electron chi connectivity index (χ2n) is 7.15. The van der Waals surface area contributed by atoms with Gasteiger partial charge in [-0.2, -0.15) is 0 Å². The number of hydrogen-bond acceptors (Lipinski definition) is 4. The van der Waals surface area contributed by atoms with E-state index < -0.39 is 0 Å². The molecule has 0 unspecified atom stereocenters. The summed E-state index contributed by atoms with van der Waals surface area (Å²) in [6.45, 7) is 2.63. The van der Waals surface area contributed by atoms with Gasteiger partial charge in [0.15, 0.2) is 0 Å². The van der Waals surface area contributed by atoms with E-state index in [1.54, 1.807) is 0 Å². The molecule has 6 nitrogen and oxygen atoms in total. The van der Waals surface area contributed by atoms with Crippen molar-refractivity contribution < 1.29 is 9.21 Å². The molecule has 0 saturated carbocycles. The van der Waals surface area contributed by atoms with Gasteiger partial charge in [0.05, 0.1) is 0 Å². The minimum atomic E-state index is -0.122. The van der Waals surface area contributed by atoms with Crippen LogP contribution in [0.4, 0.5) is 0 Å². The lowest BCUT2D eigenvalue weighted by molar-refractivity contribution is -0.121. The number of aromatic nitrogens is 3. The van der Waals surface area contributed by atoms with Crippen LogP contribution in [0.25, 0.3) is 22.5 Å². The van der Waals surface area contributed by atoms with E-state index in [2.05, 4.69) is 22.4 Å². The van der Waals surface area contributed by atoms with Gasteiger partial charge < -0.3 is 14.3 Å². The van der Waals surface area contributed by atoms with E-state index in [0.29, 0.717) is 23.3 Å². The van der Waals surface area contributed by atoms with E-state index in [1.807, 2.05) is 59.2 Å². The molecule has 30 heavy (non-hydrogen) atoms. The van der Waals surface area contributed by atoms with Crippen LogP contribution in [0.5, 0.6) is 0 Å². The fourth-order valence-electron chi connectivity index (χ4n) is 3.38. The molecule has 4 rings (SSSR count). The minimum Gasteiger partial charge on any atom is -0.419 e. The molecule has 0 bridgehead atoms. The van der Waals surface area contributed by atoms with Gasteiger partial charge in [0.25, 0.3) is 5.89 Å². The number of rotatable bonds is 8. The van der Waals surface area contributed by atoms with Gasteiger partial charge in [0, 0.05) is 28.9 Å². The average molecular weight is 423 g/mol. The second kappa shape index (κ2) is 9.13. The molecule has 0 aliphatic rings. The highest BCUT2D eigenvalue weighted by Crippen LogP contribution is 2.28. The van der Waals surface area contributed by atoms with Crippen LogP contribution in [0.1, 0.15) is 31.2 Å². The van der Waals surface area contributed by atoms with E-state index >= 15 is 0 Å². The van der Waals surface area contributed by atoms with Crippen molar-refractivity contribution in [3.05, 3.63) is 71.1 Å². The average Bonchev–Trinajstić information content (AvgIpc) is 3.36. The number of hydrogen-bond donors (Lipinski definition) is 1. The number of para-hydroxylation sites is 1. The molecule has 0 atom stereocenters. The van der Waals surface area contributed by atoms with Crippen LogP contribution >= 0.6 is 11.6 Å².